The fourth-order valence-electron chi connectivity index (χ4n) is 3.26. The number of fused-ring (bicyclic) bond motifs is 1. The van der Waals surface area contributed by atoms with Crippen molar-refractivity contribution >= 4 is 11.0 Å². The van der Waals surface area contributed by atoms with Gasteiger partial charge in [-0.25, -0.2) is 0 Å². The molecule has 0 atom stereocenters. The second-order valence-electron chi connectivity index (χ2n) is 7.01. The van der Waals surface area contributed by atoms with E-state index in [9.17, 15) is 23.1 Å². The highest BCUT2D eigenvalue weighted by atomic mass is 19.4. The number of ether oxygens (including phenoxy) is 3. The number of phenolic OH excluding ortho intramolecular Hbond substituents is 1. The molecule has 1 aromatic heterocycles. The van der Waals surface area contributed by atoms with E-state index in [1.54, 1.807) is 30.3 Å². The first-order chi connectivity index (χ1) is 15.7. The van der Waals surface area contributed by atoms with Crippen molar-refractivity contribution in [3.8, 4) is 34.1 Å². The molecule has 4 aromatic rings. The molecule has 1 N–H and O–H groups in total. The summed E-state index contributed by atoms with van der Waals surface area (Å²) in [6.07, 6.45) is -3.51. The quantitative estimate of drug-likeness (QED) is 0.402. The molecule has 0 amide bonds. The van der Waals surface area contributed by atoms with Gasteiger partial charge in [-0.2, -0.15) is 0 Å². The number of methoxy groups -OCH3 is 1. The number of benzene rings is 3. The zero-order valence-corrected chi connectivity index (χ0v) is 17.2. The van der Waals surface area contributed by atoms with E-state index in [2.05, 4.69) is 4.74 Å². The first-order valence-electron chi connectivity index (χ1n) is 9.64. The van der Waals surface area contributed by atoms with Crippen molar-refractivity contribution in [1.29, 1.82) is 0 Å². The van der Waals surface area contributed by atoms with Gasteiger partial charge in [-0.1, -0.05) is 24.3 Å². The summed E-state index contributed by atoms with van der Waals surface area (Å²) < 4.78 is 57.3. The number of rotatable bonds is 6. The maximum Gasteiger partial charge on any atom is 0.573 e. The summed E-state index contributed by atoms with van der Waals surface area (Å²) in [7, 11) is 1.53. The van der Waals surface area contributed by atoms with Gasteiger partial charge in [0.25, 0.3) is 0 Å². The lowest BCUT2D eigenvalue weighted by molar-refractivity contribution is -0.274. The molecule has 0 bridgehead atoms. The van der Waals surface area contributed by atoms with E-state index in [1.807, 2.05) is 0 Å². The molecule has 0 aliphatic carbocycles. The van der Waals surface area contributed by atoms with Gasteiger partial charge in [0.05, 0.1) is 12.7 Å². The van der Waals surface area contributed by atoms with E-state index in [0.29, 0.717) is 16.9 Å². The minimum Gasteiger partial charge on any atom is -0.507 e. The van der Waals surface area contributed by atoms with Gasteiger partial charge in [0.2, 0.25) is 5.43 Å². The fourth-order valence-corrected chi connectivity index (χ4v) is 3.26. The summed E-state index contributed by atoms with van der Waals surface area (Å²) in [5.74, 6) is 0.0781. The predicted octanol–water partition coefficient (Wildman–Crippen LogP) is 5.65. The molecule has 0 fully saturated rings. The molecule has 0 spiro atoms. The van der Waals surface area contributed by atoms with Crippen LogP contribution in [0, 0.1) is 0 Å². The summed E-state index contributed by atoms with van der Waals surface area (Å²) in [4.78, 5) is 12.9. The standard InChI is InChI=1S/C24H17F3O6/c1-30-16-7-5-15(6-8-16)19-13-32-21-11-18(10-20(28)22(21)23(19)29)31-12-14-3-2-4-17(9-14)33-24(25,26)27/h2-11,13,28H,12H2,1H3. The molecule has 0 radical (unpaired) electrons. The molecule has 170 valence electrons. The summed E-state index contributed by atoms with van der Waals surface area (Å²) in [5.41, 5.74) is 0.930. The Balaban J connectivity index is 1.58. The average molecular weight is 458 g/mol. The van der Waals surface area contributed by atoms with Crippen molar-refractivity contribution in [2.24, 2.45) is 0 Å². The Kier molecular flexibility index (Phi) is 5.87. The number of alkyl halides is 3. The van der Waals surface area contributed by atoms with Gasteiger partial charge in [0, 0.05) is 12.1 Å². The smallest absolute Gasteiger partial charge is 0.507 e. The molecule has 0 saturated carbocycles. The van der Waals surface area contributed by atoms with Gasteiger partial charge in [-0.15, -0.1) is 13.2 Å². The Bertz CT molecular complexity index is 1340. The molecular weight excluding hydrogens is 441 g/mol. The summed E-state index contributed by atoms with van der Waals surface area (Å²) in [6.45, 7) is -0.103. The van der Waals surface area contributed by atoms with Crippen molar-refractivity contribution in [2.45, 2.75) is 13.0 Å². The Labute approximate surface area is 185 Å². The first kappa shape index (κ1) is 22.1. The molecule has 1 heterocycles. The molecular formula is C24H17F3O6. The van der Waals surface area contributed by atoms with E-state index in [4.69, 9.17) is 13.9 Å². The Hall–Kier alpha value is -4.14. The zero-order chi connectivity index (χ0) is 23.6. The lowest BCUT2D eigenvalue weighted by Gasteiger charge is -2.11. The fraction of sp³-hybridized carbons (Fsp3) is 0.125. The van der Waals surface area contributed by atoms with Crippen molar-refractivity contribution in [2.75, 3.05) is 7.11 Å². The average Bonchev–Trinajstić information content (AvgIpc) is 2.77. The van der Waals surface area contributed by atoms with Crippen LogP contribution in [0.2, 0.25) is 0 Å². The van der Waals surface area contributed by atoms with Gasteiger partial charge < -0.3 is 23.7 Å². The van der Waals surface area contributed by atoms with Crippen LogP contribution in [-0.4, -0.2) is 18.6 Å². The highest BCUT2D eigenvalue weighted by Crippen LogP contribution is 2.31. The summed E-state index contributed by atoms with van der Waals surface area (Å²) in [6, 6.07) is 14.8. The maximum absolute atomic E-state index is 12.9. The normalized spacial score (nSPS) is 11.4. The predicted molar refractivity (Wildman–Crippen MR) is 114 cm³/mol. The Morgan fingerprint density at radius 2 is 1.73 bits per heavy atom. The number of aromatic hydroxyl groups is 1. The SMILES string of the molecule is COc1ccc(-c2coc3cc(OCc4cccc(OC(F)(F)F)c4)cc(O)c3c2=O)cc1. The molecule has 6 nitrogen and oxygen atoms in total. The highest BCUT2D eigenvalue weighted by molar-refractivity contribution is 5.88. The summed E-state index contributed by atoms with van der Waals surface area (Å²) in [5, 5.41) is 10.4. The van der Waals surface area contributed by atoms with E-state index >= 15 is 0 Å². The molecule has 0 aliphatic heterocycles. The summed E-state index contributed by atoms with van der Waals surface area (Å²) >= 11 is 0. The topological polar surface area (TPSA) is 78.1 Å². The van der Waals surface area contributed by atoms with Gasteiger partial charge in [0.1, 0.15) is 46.8 Å². The van der Waals surface area contributed by atoms with Crippen LogP contribution in [0.3, 0.4) is 0 Å². The van der Waals surface area contributed by atoms with Crippen LogP contribution in [0.5, 0.6) is 23.0 Å². The number of halogens is 3. The van der Waals surface area contributed by atoms with Gasteiger partial charge in [0.15, 0.2) is 0 Å². The van der Waals surface area contributed by atoms with Crippen LogP contribution < -0.4 is 19.6 Å². The van der Waals surface area contributed by atoms with Crippen LogP contribution in [-0.2, 0) is 6.61 Å². The van der Waals surface area contributed by atoms with Crippen LogP contribution in [0.1, 0.15) is 5.56 Å². The van der Waals surface area contributed by atoms with Gasteiger partial charge in [-0.05, 0) is 35.4 Å². The van der Waals surface area contributed by atoms with Crippen LogP contribution in [0.25, 0.3) is 22.1 Å². The highest BCUT2D eigenvalue weighted by Gasteiger charge is 2.31. The van der Waals surface area contributed by atoms with E-state index in [-0.39, 0.29) is 40.4 Å². The van der Waals surface area contributed by atoms with Crippen LogP contribution in [0.4, 0.5) is 13.2 Å². The second-order valence-corrected chi connectivity index (χ2v) is 7.01. The molecule has 0 aliphatic rings. The van der Waals surface area contributed by atoms with E-state index in [1.165, 1.54) is 43.7 Å². The van der Waals surface area contributed by atoms with Crippen molar-refractivity contribution in [1.82, 2.24) is 0 Å². The third kappa shape index (κ3) is 5.03. The second kappa shape index (κ2) is 8.78. The monoisotopic (exact) mass is 458 g/mol. The molecule has 3 aromatic carbocycles. The van der Waals surface area contributed by atoms with Crippen molar-refractivity contribution < 1.29 is 36.9 Å². The first-order valence-corrected chi connectivity index (χ1v) is 9.64. The van der Waals surface area contributed by atoms with Crippen LogP contribution in [0.15, 0.2) is 76.1 Å². The minimum absolute atomic E-state index is 0.0174. The minimum atomic E-state index is -4.80. The largest absolute Gasteiger partial charge is 0.573 e. The molecule has 0 unspecified atom stereocenters. The number of phenols is 1. The number of hydrogen-bond acceptors (Lipinski definition) is 6. The Morgan fingerprint density at radius 1 is 0.970 bits per heavy atom. The Morgan fingerprint density at radius 3 is 2.42 bits per heavy atom. The lowest BCUT2D eigenvalue weighted by atomic mass is 10.0. The van der Waals surface area contributed by atoms with E-state index < -0.39 is 11.8 Å². The maximum atomic E-state index is 12.9. The van der Waals surface area contributed by atoms with E-state index in [0.717, 1.165) is 0 Å². The van der Waals surface area contributed by atoms with Gasteiger partial charge in [-0.3, -0.25) is 4.79 Å². The zero-order valence-electron chi connectivity index (χ0n) is 17.2. The molecule has 33 heavy (non-hydrogen) atoms. The van der Waals surface area contributed by atoms with Crippen LogP contribution >= 0.6 is 0 Å². The van der Waals surface area contributed by atoms with Crippen molar-refractivity contribution in [3.63, 3.8) is 0 Å². The third-order valence-corrected chi connectivity index (χ3v) is 4.77. The molecule has 0 saturated heterocycles. The molecule has 9 heteroatoms. The van der Waals surface area contributed by atoms with Crippen molar-refractivity contribution in [3.05, 3.63) is 82.7 Å². The number of hydrogen-bond donors (Lipinski definition) is 1. The van der Waals surface area contributed by atoms with Gasteiger partial charge >= 0.3 is 6.36 Å². The lowest BCUT2D eigenvalue weighted by Crippen LogP contribution is -2.17. The third-order valence-electron chi connectivity index (χ3n) is 4.77. The molecule has 4 rings (SSSR count).